The predicted octanol–water partition coefficient (Wildman–Crippen LogP) is 3.20. The maximum absolute atomic E-state index is 3.70. The van der Waals surface area contributed by atoms with Crippen LogP contribution in [0.4, 0.5) is 0 Å². The second-order valence-electron chi connectivity index (χ2n) is 5.47. The van der Waals surface area contributed by atoms with E-state index in [0.717, 1.165) is 24.4 Å². The summed E-state index contributed by atoms with van der Waals surface area (Å²) >= 11 is 0. The van der Waals surface area contributed by atoms with Crippen LogP contribution in [0.1, 0.15) is 52.4 Å². The molecule has 1 saturated heterocycles. The molecule has 1 N–H and O–H groups in total. The van der Waals surface area contributed by atoms with Crippen LogP contribution >= 0.6 is 0 Å². The predicted molar refractivity (Wildman–Crippen MR) is 69.1 cm³/mol. The highest BCUT2D eigenvalue weighted by atomic mass is 14.9. The lowest BCUT2D eigenvalue weighted by Crippen LogP contribution is -2.44. The van der Waals surface area contributed by atoms with Crippen LogP contribution in [0.5, 0.6) is 0 Å². The molecule has 2 rings (SSSR count). The molecule has 0 bridgehead atoms. The zero-order valence-electron chi connectivity index (χ0n) is 10.8. The van der Waals surface area contributed by atoms with E-state index < -0.39 is 0 Å². The van der Waals surface area contributed by atoms with Crippen molar-refractivity contribution in [3.8, 4) is 11.8 Å². The van der Waals surface area contributed by atoms with Gasteiger partial charge < -0.3 is 5.32 Å². The van der Waals surface area contributed by atoms with Crippen LogP contribution < -0.4 is 5.32 Å². The molecule has 2 aliphatic rings. The Morgan fingerprint density at radius 1 is 1.12 bits per heavy atom. The van der Waals surface area contributed by atoms with Gasteiger partial charge in [0.25, 0.3) is 0 Å². The van der Waals surface area contributed by atoms with E-state index in [-0.39, 0.29) is 0 Å². The topological polar surface area (TPSA) is 12.0 Å². The van der Waals surface area contributed by atoms with Gasteiger partial charge >= 0.3 is 0 Å². The fourth-order valence-corrected chi connectivity index (χ4v) is 2.81. The first-order valence-electron chi connectivity index (χ1n) is 7.07. The minimum atomic E-state index is 0.625. The molecule has 1 nitrogen and oxygen atoms in total. The van der Waals surface area contributed by atoms with Crippen molar-refractivity contribution in [1.82, 2.24) is 5.32 Å². The smallest absolute Gasteiger partial charge is 0.0331 e. The normalized spacial score (nSPS) is 34.2. The highest BCUT2D eigenvalue weighted by molar-refractivity contribution is 5.13. The molecule has 0 spiro atoms. The third kappa shape index (κ3) is 3.25. The molecule has 1 heteroatoms. The maximum atomic E-state index is 3.70. The first kappa shape index (κ1) is 12.0. The second-order valence-corrected chi connectivity index (χ2v) is 5.47. The minimum absolute atomic E-state index is 0.625. The van der Waals surface area contributed by atoms with Crippen LogP contribution in [0, 0.1) is 29.6 Å². The zero-order valence-corrected chi connectivity index (χ0v) is 10.8. The third-order valence-electron chi connectivity index (χ3n) is 3.95. The molecule has 1 heterocycles. The Morgan fingerprint density at radius 3 is 2.50 bits per heavy atom. The van der Waals surface area contributed by atoms with Crippen molar-refractivity contribution in [2.45, 2.75) is 58.4 Å². The summed E-state index contributed by atoms with van der Waals surface area (Å²) in [5.74, 6) is 9.18. The van der Waals surface area contributed by atoms with E-state index in [2.05, 4.69) is 31.0 Å². The van der Waals surface area contributed by atoms with Gasteiger partial charge in [0.1, 0.15) is 0 Å². The summed E-state index contributed by atoms with van der Waals surface area (Å²) < 4.78 is 0. The monoisotopic (exact) mass is 219 g/mol. The van der Waals surface area contributed by atoms with Gasteiger partial charge in [0, 0.05) is 24.4 Å². The van der Waals surface area contributed by atoms with E-state index in [9.17, 15) is 0 Å². The summed E-state index contributed by atoms with van der Waals surface area (Å²) in [5.41, 5.74) is 0. The standard InChI is InChI=1S/C15H25N/c1-3-5-14-10-13(9-8-12-6-7-12)11-16-15(14)4-2/h12-16H,3-7,10-11H2,1-2H3. The van der Waals surface area contributed by atoms with Crippen molar-refractivity contribution >= 4 is 0 Å². The second kappa shape index (κ2) is 5.73. The number of nitrogens with one attached hydrogen (secondary N) is 1. The molecule has 3 unspecified atom stereocenters. The van der Waals surface area contributed by atoms with Crippen LogP contribution in [0.3, 0.4) is 0 Å². The lowest BCUT2D eigenvalue weighted by atomic mass is 9.81. The van der Waals surface area contributed by atoms with Crippen molar-refractivity contribution in [1.29, 1.82) is 0 Å². The molecule has 0 aromatic heterocycles. The lowest BCUT2D eigenvalue weighted by Gasteiger charge is -2.35. The zero-order chi connectivity index (χ0) is 11.4. The fraction of sp³-hybridized carbons (Fsp3) is 0.867. The Morgan fingerprint density at radius 2 is 1.88 bits per heavy atom. The molecule has 2 fully saturated rings. The van der Waals surface area contributed by atoms with E-state index in [1.807, 2.05) is 0 Å². The molecule has 0 amide bonds. The first-order chi connectivity index (χ1) is 7.83. The summed E-state index contributed by atoms with van der Waals surface area (Å²) in [5, 5.41) is 3.70. The van der Waals surface area contributed by atoms with Gasteiger partial charge in [-0.3, -0.25) is 0 Å². The fourth-order valence-electron chi connectivity index (χ4n) is 2.81. The average Bonchev–Trinajstić information content (AvgIpc) is 3.11. The quantitative estimate of drug-likeness (QED) is 0.719. The third-order valence-corrected chi connectivity index (χ3v) is 3.95. The molecular formula is C15H25N. The van der Waals surface area contributed by atoms with Gasteiger partial charge in [-0.15, -0.1) is 0 Å². The average molecular weight is 219 g/mol. The van der Waals surface area contributed by atoms with Gasteiger partial charge in [-0.1, -0.05) is 32.1 Å². The highest BCUT2D eigenvalue weighted by Crippen LogP contribution is 2.29. The van der Waals surface area contributed by atoms with Gasteiger partial charge in [-0.25, -0.2) is 0 Å². The summed E-state index contributed by atoms with van der Waals surface area (Å²) in [6.07, 6.45) is 7.98. The molecule has 90 valence electrons. The summed E-state index contributed by atoms with van der Waals surface area (Å²) in [6.45, 7) is 5.72. The molecule has 0 aromatic rings. The molecule has 16 heavy (non-hydrogen) atoms. The Kier molecular flexibility index (Phi) is 4.29. The number of hydrogen-bond donors (Lipinski definition) is 1. The van der Waals surface area contributed by atoms with Gasteiger partial charge in [0.2, 0.25) is 0 Å². The van der Waals surface area contributed by atoms with Crippen LogP contribution in [0.2, 0.25) is 0 Å². The van der Waals surface area contributed by atoms with E-state index in [1.54, 1.807) is 0 Å². The number of rotatable bonds is 3. The van der Waals surface area contributed by atoms with Crippen LogP contribution in [0.15, 0.2) is 0 Å². The molecule has 0 aromatic carbocycles. The van der Waals surface area contributed by atoms with Crippen molar-refractivity contribution in [2.75, 3.05) is 6.54 Å². The summed E-state index contributed by atoms with van der Waals surface area (Å²) in [7, 11) is 0. The molecule has 1 aliphatic heterocycles. The van der Waals surface area contributed by atoms with Gasteiger partial charge in [0.15, 0.2) is 0 Å². The Bertz CT molecular complexity index is 269. The minimum Gasteiger partial charge on any atom is -0.312 e. The molecule has 0 radical (unpaired) electrons. The van der Waals surface area contributed by atoms with Crippen LogP contribution in [0.25, 0.3) is 0 Å². The van der Waals surface area contributed by atoms with Crippen molar-refractivity contribution in [3.05, 3.63) is 0 Å². The highest BCUT2D eigenvalue weighted by Gasteiger charge is 2.27. The van der Waals surface area contributed by atoms with Crippen molar-refractivity contribution in [2.24, 2.45) is 17.8 Å². The van der Waals surface area contributed by atoms with Crippen molar-refractivity contribution in [3.63, 3.8) is 0 Å². The molecule has 3 atom stereocenters. The summed E-state index contributed by atoms with van der Waals surface area (Å²) in [6, 6.07) is 0.749. The van der Waals surface area contributed by atoms with E-state index in [1.165, 1.54) is 38.5 Å². The maximum Gasteiger partial charge on any atom is 0.0331 e. The van der Waals surface area contributed by atoms with Gasteiger partial charge in [-0.2, -0.15) is 0 Å². The Balaban J connectivity index is 1.86. The number of piperidine rings is 1. The van der Waals surface area contributed by atoms with E-state index >= 15 is 0 Å². The van der Waals surface area contributed by atoms with E-state index in [4.69, 9.17) is 0 Å². The van der Waals surface area contributed by atoms with Crippen LogP contribution in [-0.4, -0.2) is 12.6 Å². The largest absolute Gasteiger partial charge is 0.312 e. The van der Waals surface area contributed by atoms with Gasteiger partial charge in [0.05, 0.1) is 0 Å². The molecule has 1 saturated carbocycles. The summed E-state index contributed by atoms with van der Waals surface area (Å²) in [4.78, 5) is 0. The first-order valence-corrected chi connectivity index (χ1v) is 7.07. The Hall–Kier alpha value is -0.480. The number of hydrogen-bond acceptors (Lipinski definition) is 1. The lowest BCUT2D eigenvalue weighted by molar-refractivity contribution is 0.228. The Labute approximate surface area is 100 Å². The van der Waals surface area contributed by atoms with Crippen molar-refractivity contribution < 1.29 is 0 Å². The van der Waals surface area contributed by atoms with E-state index in [0.29, 0.717) is 5.92 Å². The van der Waals surface area contributed by atoms with Gasteiger partial charge in [-0.05, 0) is 38.0 Å². The SMILES string of the molecule is CCCC1CC(C#CC2CC2)CNC1CC. The molecule has 1 aliphatic carbocycles. The molecular weight excluding hydrogens is 194 g/mol. The van der Waals surface area contributed by atoms with Crippen LogP contribution in [-0.2, 0) is 0 Å².